The summed E-state index contributed by atoms with van der Waals surface area (Å²) in [7, 11) is 0. The minimum Gasteiger partial charge on any atom is -0.324 e. The normalized spacial score (nSPS) is 15.2. The molecule has 0 atom stereocenters. The molecule has 1 N–H and O–H groups in total. The van der Waals surface area contributed by atoms with Crippen LogP contribution in [0.25, 0.3) is 11.0 Å². The highest BCUT2D eigenvalue weighted by molar-refractivity contribution is 5.93. The number of amides is 1. The number of benzene rings is 2. The van der Waals surface area contributed by atoms with Gasteiger partial charge in [0.25, 0.3) is 0 Å². The van der Waals surface area contributed by atoms with Gasteiger partial charge in [-0.15, -0.1) is 0 Å². The predicted molar refractivity (Wildman–Crippen MR) is 110 cm³/mol. The van der Waals surface area contributed by atoms with E-state index in [9.17, 15) is 4.79 Å². The molecular weight excluding hydrogens is 334 g/mol. The number of nitrogens with zero attached hydrogens (tertiary/aromatic N) is 2. The lowest BCUT2D eigenvalue weighted by atomic mass is 9.88. The first-order valence-corrected chi connectivity index (χ1v) is 9.94. The molecule has 1 saturated carbocycles. The Morgan fingerprint density at radius 3 is 2.48 bits per heavy atom. The number of aromatic nitrogens is 2. The number of anilines is 1. The number of carbonyl (C=O) groups excluding carboxylic acids is 1. The van der Waals surface area contributed by atoms with E-state index < -0.39 is 0 Å². The van der Waals surface area contributed by atoms with Crippen LogP contribution in [0.5, 0.6) is 0 Å². The number of aryl methyl sites for hydroxylation is 2. The number of hydrogen-bond donors (Lipinski definition) is 1. The fraction of sp³-hybridized carbons (Fsp3) is 0.391. The molecule has 4 nitrogen and oxygen atoms in total. The van der Waals surface area contributed by atoms with Gasteiger partial charge < -0.3 is 9.88 Å². The Balaban J connectivity index is 1.65. The van der Waals surface area contributed by atoms with Crippen LogP contribution in [0.15, 0.2) is 42.5 Å². The zero-order valence-corrected chi connectivity index (χ0v) is 16.2. The Hall–Kier alpha value is -2.62. The summed E-state index contributed by atoms with van der Waals surface area (Å²) in [5, 5.41) is 3.12. The monoisotopic (exact) mass is 361 g/mol. The Morgan fingerprint density at radius 2 is 1.74 bits per heavy atom. The van der Waals surface area contributed by atoms with Crippen LogP contribution in [0.4, 0.5) is 5.69 Å². The van der Waals surface area contributed by atoms with Crippen molar-refractivity contribution >= 4 is 22.6 Å². The first-order valence-electron chi connectivity index (χ1n) is 9.94. The number of nitrogens with one attached hydrogen (secondary N) is 1. The zero-order chi connectivity index (χ0) is 18.8. The number of carbonyl (C=O) groups is 1. The van der Waals surface area contributed by atoms with Gasteiger partial charge in [0.1, 0.15) is 12.4 Å². The van der Waals surface area contributed by atoms with E-state index in [0.717, 1.165) is 33.7 Å². The second-order valence-electron chi connectivity index (χ2n) is 7.69. The minimum absolute atomic E-state index is 0.00705. The maximum atomic E-state index is 12.9. The Morgan fingerprint density at radius 1 is 1.04 bits per heavy atom. The number of fused-ring (bicyclic) bond motifs is 1. The van der Waals surface area contributed by atoms with E-state index in [1.165, 1.54) is 32.1 Å². The largest absolute Gasteiger partial charge is 0.324 e. The predicted octanol–water partition coefficient (Wildman–Crippen LogP) is 5.34. The van der Waals surface area contributed by atoms with Crippen LogP contribution in [-0.4, -0.2) is 15.5 Å². The molecule has 4 rings (SSSR count). The summed E-state index contributed by atoms with van der Waals surface area (Å²) in [6, 6.07) is 14.2. The third-order valence-electron chi connectivity index (χ3n) is 5.70. The SMILES string of the molecule is Cc1cccc(C)c1NC(=O)Cn1c(C2CCCCC2)nc2ccccc21. The highest BCUT2D eigenvalue weighted by Crippen LogP contribution is 2.34. The molecule has 0 bridgehead atoms. The van der Waals surface area contributed by atoms with Crippen molar-refractivity contribution in [1.82, 2.24) is 9.55 Å². The molecule has 1 aliphatic rings. The van der Waals surface area contributed by atoms with Crippen molar-refractivity contribution in [2.45, 2.75) is 58.4 Å². The lowest BCUT2D eigenvalue weighted by Gasteiger charge is -2.22. The maximum Gasteiger partial charge on any atom is 0.244 e. The molecule has 2 aromatic carbocycles. The second-order valence-corrected chi connectivity index (χ2v) is 7.69. The molecule has 0 spiro atoms. The third kappa shape index (κ3) is 3.61. The summed E-state index contributed by atoms with van der Waals surface area (Å²) >= 11 is 0. The molecule has 140 valence electrons. The van der Waals surface area contributed by atoms with E-state index in [-0.39, 0.29) is 5.91 Å². The molecule has 1 heterocycles. The molecule has 0 radical (unpaired) electrons. The van der Waals surface area contributed by atoms with E-state index in [1.807, 2.05) is 50.2 Å². The number of imidazole rings is 1. The Labute approximate surface area is 160 Å². The number of para-hydroxylation sites is 3. The van der Waals surface area contributed by atoms with E-state index in [2.05, 4.69) is 16.0 Å². The first-order chi connectivity index (χ1) is 13.1. The van der Waals surface area contributed by atoms with Gasteiger partial charge in [0, 0.05) is 11.6 Å². The molecule has 0 aliphatic heterocycles. The van der Waals surface area contributed by atoms with Crippen LogP contribution in [0.3, 0.4) is 0 Å². The third-order valence-corrected chi connectivity index (χ3v) is 5.70. The molecule has 1 amide bonds. The minimum atomic E-state index is 0.00705. The van der Waals surface area contributed by atoms with Gasteiger partial charge in [-0.3, -0.25) is 4.79 Å². The summed E-state index contributed by atoms with van der Waals surface area (Å²) in [4.78, 5) is 17.8. The molecule has 1 fully saturated rings. The lowest BCUT2D eigenvalue weighted by Crippen LogP contribution is -2.22. The second kappa shape index (κ2) is 7.55. The smallest absolute Gasteiger partial charge is 0.244 e. The van der Waals surface area contributed by atoms with Gasteiger partial charge in [-0.25, -0.2) is 4.98 Å². The molecule has 0 saturated heterocycles. The Kier molecular flexibility index (Phi) is 4.97. The molecule has 0 unspecified atom stereocenters. The van der Waals surface area contributed by atoms with Gasteiger partial charge >= 0.3 is 0 Å². The van der Waals surface area contributed by atoms with Crippen LogP contribution in [0, 0.1) is 13.8 Å². The quantitative estimate of drug-likeness (QED) is 0.682. The van der Waals surface area contributed by atoms with Crippen molar-refractivity contribution in [3.63, 3.8) is 0 Å². The van der Waals surface area contributed by atoms with Crippen LogP contribution >= 0.6 is 0 Å². The molecule has 3 aromatic rings. The average molecular weight is 361 g/mol. The highest BCUT2D eigenvalue weighted by atomic mass is 16.1. The average Bonchev–Trinajstić information content (AvgIpc) is 3.04. The van der Waals surface area contributed by atoms with Gasteiger partial charge in [0.05, 0.1) is 11.0 Å². The van der Waals surface area contributed by atoms with E-state index in [4.69, 9.17) is 4.98 Å². The van der Waals surface area contributed by atoms with E-state index in [0.29, 0.717) is 12.5 Å². The number of rotatable bonds is 4. The number of hydrogen-bond acceptors (Lipinski definition) is 2. The molecule has 4 heteroatoms. The van der Waals surface area contributed by atoms with Gasteiger partial charge in [0.15, 0.2) is 0 Å². The molecule has 27 heavy (non-hydrogen) atoms. The van der Waals surface area contributed by atoms with Crippen molar-refractivity contribution in [2.24, 2.45) is 0 Å². The first kappa shape index (κ1) is 17.8. The Bertz CT molecular complexity index is 947. The van der Waals surface area contributed by atoms with E-state index >= 15 is 0 Å². The van der Waals surface area contributed by atoms with Crippen LogP contribution < -0.4 is 5.32 Å². The standard InChI is InChI=1S/C23H27N3O/c1-16-9-8-10-17(2)22(16)25-21(27)15-26-20-14-7-6-13-19(20)24-23(26)18-11-4-3-5-12-18/h6-10,13-14,18H,3-5,11-12,15H2,1-2H3,(H,25,27). The van der Waals surface area contributed by atoms with Crippen LogP contribution in [0.1, 0.15) is 55.0 Å². The summed E-state index contributed by atoms with van der Waals surface area (Å²) < 4.78 is 2.13. The topological polar surface area (TPSA) is 46.9 Å². The molecule has 1 aromatic heterocycles. The lowest BCUT2D eigenvalue weighted by molar-refractivity contribution is -0.116. The molecule has 1 aliphatic carbocycles. The van der Waals surface area contributed by atoms with Crippen molar-refractivity contribution in [1.29, 1.82) is 0 Å². The van der Waals surface area contributed by atoms with Gasteiger partial charge in [-0.1, -0.05) is 49.6 Å². The maximum absolute atomic E-state index is 12.9. The van der Waals surface area contributed by atoms with Crippen molar-refractivity contribution in [3.05, 3.63) is 59.4 Å². The summed E-state index contributed by atoms with van der Waals surface area (Å²) in [6.45, 7) is 4.37. The van der Waals surface area contributed by atoms with E-state index in [1.54, 1.807) is 0 Å². The van der Waals surface area contributed by atoms with Gasteiger partial charge in [-0.2, -0.15) is 0 Å². The van der Waals surface area contributed by atoms with Crippen LogP contribution in [-0.2, 0) is 11.3 Å². The van der Waals surface area contributed by atoms with Crippen molar-refractivity contribution in [2.75, 3.05) is 5.32 Å². The summed E-state index contributed by atoms with van der Waals surface area (Å²) in [5.41, 5.74) is 5.14. The zero-order valence-electron chi connectivity index (χ0n) is 16.2. The van der Waals surface area contributed by atoms with Gasteiger partial charge in [-0.05, 0) is 49.9 Å². The fourth-order valence-electron chi connectivity index (χ4n) is 4.27. The van der Waals surface area contributed by atoms with Crippen molar-refractivity contribution in [3.8, 4) is 0 Å². The van der Waals surface area contributed by atoms with Gasteiger partial charge in [0.2, 0.25) is 5.91 Å². The van der Waals surface area contributed by atoms with Crippen molar-refractivity contribution < 1.29 is 4.79 Å². The fourth-order valence-corrected chi connectivity index (χ4v) is 4.27. The summed E-state index contributed by atoms with van der Waals surface area (Å²) in [6.07, 6.45) is 6.15. The van der Waals surface area contributed by atoms with Crippen LogP contribution in [0.2, 0.25) is 0 Å². The summed E-state index contributed by atoms with van der Waals surface area (Å²) in [5.74, 6) is 1.54. The highest BCUT2D eigenvalue weighted by Gasteiger charge is 2.23. The molecular formula is C23H27N3O.